The molecule has 1 aliphatic carbocycles. The summed E-state index contributed by atoms with van der Waals surface area (Å²) in [4.78, 5) is 33.6. The summed E-state index contributed by atoms with van der Waals surface area (Å²) in [5.41, 5.74) is 1.94. The second kappa shape index (κ2) is 8.07. The number of aromatic nitrogens is 1. The number of fused-ring (bicyclic) bond motifs is 1. The van der Waals surface area contributed by atoms with Crippen LogP contribution in [0.2, 0.25) is 0 Å². The van der Waals surface area contributed by atoms with E-state index in [0.717, 1.165) is 25.7 Å². The van der Waals surface area contributed by atoms with Crippen molar-refractivity contribution in [2.24, 2.45) is 4.99 Å². The van der Waals surface area contributed by atoms with E-state index in [9.17, 15) is 14.9 Å². The Hall–Kier alpha value is -3.79. The van der Waals surface area contributed by atoms with E-state index in [-0.39, 0.29) is 23.2 Å². The molecule has 1 aliphatic heterocycles. The standard InChI is InChI=1S/C22H19N5O2/c23-12-18(22(29)25-15-7-1-2-8-15)19-16-9-3-4-10-17(16)20(26-19)27-21(28)14-6-5-11-24-13-14/h3-6,9-11,13,15H,1-2,7-8H2,(H,25,29)(H,26,27,28)/b19-18-. The number of carbonyl (C=O) groups excluding carboxylic acids is 2. The first kappa shape index (κ1) is 18.6. The molecule has 2 N–H and O–H groups in total. The highest BCUT2D eigenvalue weighted by Crippen LogP contribution is 2.31. The highest BCUT2D eigenvalue weighted by atomic mass is 16.2. The summed E-state index contributed by atoms with van der Waals surface area (Å²) >= 11 is 0. The predicted molar refractivity (Wildman–Crippen MR) is 108 cm³/mol. The number of hydrogen-bond acceptors (Lipinski definition) is 5. The number of nitrogens with one attached hydrogen (secondary N) is 2. The molecule has 144 valence electrons. The van der Waals surface area contributed by atoms with Crippen LogP contribution in [0.3, 0.4) is 0 Å². The molecule has 2 heterocycles. The van der Waals surface area contributed by atoms with Crippen LogP contribution in [0.4, 0.5) is 0 Å². The Morgan fingerprint density at radius 1 is 1.07 bits per heavy atom. The van der Waals surface area contributed by atoms with Gasteiger partial charge in [0.1, 0.15) is 17.5 Å². The Morgan fingerprint density at radius 3 is 2.52 bits per heavy atom. The van der Waals surface area contributed by atoms with Crippen molar-refractivity contribution < 1.29 is 9.59 Å². The molecular formula is C22H19N5O2. The van der Waals surface area contributed by atoms with Crippen LogP contribution in [-0.2, 0) is 4.79 Å². The molecule has 2 amide bonds. The number of benzene rings is 1. The smallest absolute Gasteiger partial charge is 0.264 e. The maximum Gasteiger partial charge on any atom is 0.264 e. The molecule has 1 fully saturated rings. The number of hydrogen-bond donors (Lipinski definition) is 2. The van der Waals surface area contributed by atoms with Gasteiger partial charge in [0.25, 0.3) is 11.8 Å². The van der Waals surface area contributed by atoms with Crippen LogP contribution in [0.15, 0.2) is 59.4 Å². The van der Waals surface area contributed by atoms with E-state index in [1.807, 2.05) is 18.2 Å². The first-order valence-corrected chi connectivity index (χ1v) is 9.52. The molecule has 0 unspecified atom stereocenters. The van der Waals surface area contributed by atoms with Crippen LogP contribution in [0.5, 0.6) is 0 Å². The van der Waals surface area contributed by atoms with Crippen LogP contribution in [-0.4, -0.2) is 28.7 Å². The van der Waals surface area contributed by atoms with Crippen LogP contribution in [0, 0.1) is 11.3 Å². The minimum absolute atomic E-state index is 0.0463. The Labute approximate surface area is 168 Å². The second-order valence-electron chi connectivity index (χ2n) is 6.99. The fourth-order valence-electron chi connectivity index (χ4n) is 3.63. The zero-order valence-electron chi connectivity index (χ0n) is 15.7. The maximum absolute atomic E-state index is 12.7. The highest BCUT2D eigenvalue weighted by molar-refractivity contribution is 6.20. The predicted octanol–water partition coefficient (Wildman–Crippen LogP) is 2.57. The number of pyridine rings is 1. The van der Waals surface area contributed by atoms with Crippen molar-refractivity contribution in [3.05, 3.63) is 71.1 Å². The van der Waals surface area contributed by atoms with E-state index in [0.29, 0.717) is 22.5 Å². The molecule has 29 heavy (non-hydrogen) atoms. The Kier molecular flexibility index (Phi) is 5.16. The minimum atomic E-state index is -0.423. The lowest BCUT2D eigenvalue weighted by atomic mass is 10.0. The van der Waals surface area contributed by atoms with E-state index in [4.69, 9.17) is 0 Å². The molecule has 2 aliphatic rings. The molecule has 0 bridgehead atoms. The first-order valence-electron chi connectivity index (χ1n) is 9.52. The quantitative estimate of drug-likeness (QED) is 0.625. The van der Waals surface area contributed by atoms with Crippen molar-refractivity contribution in [1.82, 2.24) is 15.6 Å². The Bertz CT molecular complexity index is 1060. The molecule has 1 aromatic heterocycles. The van der Waals surface area contributed by atoms with Crippen LogP contribution < -0.4 is 10.6 Å². The summed E-state index contributed by atoms with van der Waals surface area (Å²) in [5, 5.41) is 15.4. The molecule has 0 atom stereocenters. The normalized spacial score (nSPS) is 17.1. The van der Waals surface area contributed by atoms with Crippen molar-refractivity contribution in [2.75, 3.05) is 0 Å². The summed E-state index contributed by atoms with van der Waals surface area (Å²) in [5.74, 6) is -0.472. The third kappa shape index (κ3) is 3.78. The van der Waals surface area contributed by atoms with Gasteiger partial charge in [0.05, 0.1) is 11.3 Å². The Balaban J connectivity index is 1.67. The van der Waals surface area contributed by atoms with Crippen molar-refractivity contribution in [1.29, 1.82) is 5.26 Å². The van der Waals surface area contributed by atoms with E-state index < -0.39 is 5.91 Å². The molecule has 7 heteroatoms. The zero-order valence-corrected chi connectivity index (χ0v) is 15.7. The fraction of sp³-hybridized carbons (Fsp3) is 0.227. The molecule has 1 aromatic carbocycles. The molecular weight excluding hydrogens is 366 g/mol. The third-order valence-corrected chi connectivity index (χ3v) is 5.08. The van der Waals surface area contributed by atoms with Crippen LogP contribution >= 0.6 is 0 Å². The topological polar surface area (TPSA) is 107 Å². The van der Waals surface area contributed by atoms with Crippen LogP contribution in [0.1, 0.15) is 47.2 Å². The third-order valence-electron chi connectivity index (χ3n) is 5.08. The van der Waals surface area contributed by atoms with Gasteiger partial charge in [-0.1, -0.05) is 37.1 Å². The lowest BCUT2D eigenvalue weighted by molar-refractivity contribution is -0.117. The maximum atomic E-state index is 12.7. The summed E-state index contributed by atoms with van der Waals surface area (Å²) in [7, 11) is 0. The van der Waals surface area contributed by atoms with E-state index in [1.54, 1.807) is 30.5 Å². The Morgan fingerprint density at radius 2 is 1.83 bits per heavy atom. The average Bonchev–Trinajstić information content (AvgIpc) is 3.38. The fourth-order valence-corrected chi connectivity index (χ4v) is 3.63. The summed E-state index contributed by atoms with van der Waals surface area (Å²) in [6.45, 7) is 0. The van der Waals surface area contributed by atoms with Crippen molar-refractivity contribution in [3.8, 4) is 6.07 Å². The van der Waals surface area contributed by atoms with E-state index >= 15 is 0 Å². The molecule has 7 nitrogen and oxygen atoms in total. The minimum Gasteiger partial charge on any atom is -0.349 e. The second-order valence-corrected chi connectivity index (χ2v) is 6.99. The number of aliphatic imine (C=N–C) groups is 1. The average molecular weight is 385 g/mol. The number of amides is 2. The lowest BCUT2D eigenvalue weighted by Crippen LogP contribution is -2.33. The number of nitrogens with zero attached hydrogens (tertiary/aromatic N) is 3. The van der Waals surface area contributed by atoms with Crippen molar-refractivity contribution in [2.45, 2.75) is 31.7 Å². The first-order chi connectivity index (χ1) is 14.2. The number of carbonyl (C=O) groups is 2. The number of rotatable bonds is 3. The zero-order chi connectivity index (χ0) is 20.2. The van der Waals surface area contributed by atoms with Gasteiger partial charge < -0.3 is 10.6 Å². The molecule has 0 radical (unpaired) electrons. The SMILES string of the molecule is N#C/C(C(=O)NC1CCCC1)=C1/N=C(NC(=O)c2cccnc2)c2ccccc21. The highest BCUT2D eigenvalue weighted by Gasteiger charge is 2.28. The van der Waals surface area contributed by atoms with Crippen LogP contribution in [0.25, 0.3) is 5.70 Å². The van der Waals surface area contributed by atoms with Gasteiger partial charge in [-0.15, -0.1) is 0 Å². The van der Waals surface area contributed by atoms with Gasteiger partial charge in [0, 0.05) is 29.6 Å². The van der Waals surface area contributed by atoms with Gasteiger partial charge in [-0.05, 0) is 25.0 Å². The van der Waals surface area contributed by atoms with E-state index in [1.165, 1.54) is 6.20 Å². The van der Waals surface area contributed by atoms with Gasteiger partial charge in [0.15, 0.2) is 0 Å². The molecule has 1 saturated carbocycles. The largest absolute Gasteiger partial charge is 0.349 e. The van der Waals surface area contributed by atoms with E-state index in [2.05, 4.69) is 20.6 Å². The number of amidine groups is 1. The molecule has 0 spiro atoms. The van der Waals surface area contributed by atoms with Gasteiger partial charge in [-0.2, -0.15) is 5.26 Å². The summed E-state index contributed by atoms with van der Waals surface area (Å²) < 4.78 is 0. The summed E-state index contributed by atoms with van der Waals surface area (Å²) in [6.07, 6.45) is 7.05. The van der Waals surface area contributed by atoms with Crippen molar-refractivity contribution in [3.63, 3.8) is 0 Å². The van der Waals surface area contributed by atoms with Gasteiger partial charge >= 0.3 is 0 Å². The molecule has 4 rings (SSSR count). The monoisotopic (exact) mass is 385 g/mol. The van der Waals surface area contributed by atoms with Gasteiger partial charge in [-0.3, -0.25) is 14.6 Å². The van der Waals surface area contributed by atoms with Crippen molar-refractivity contribution >= 4 is 23.3 Å². The molecule has 2 aromatic rings. The summed E-state index contributed by atoms with van der Waals surface area (Å²) in [6, 6.07) is 12.6. The van der Waals surface area contributed by atoms with Gasteiger partial charge in [0.2, 0.25) is 0 Å². The molecule has 0 saturated heterocycles. The lowest BCUT2D eigenvalue weighted by Gasteiger charge is -2.11. The number of nitriles is 1. The van der Waals surface area contributed by atoms with Gasteiger partial charge in [-0.25, -0.2) is 4.99 Å².